The maximum atomic E-state index is 13.2. The van der Waals surface area contributed by atoms with E-state index in [9.17, 15) is 19.3 Å². The van der Waals surface area contributed by atoms with Crippen molar-refractivity contribution < 1.29 is 23.6 Å². The number of halogens is 1. The summed E-state index contributed by atoms with van der Waals surface area (Å²) in [5.41, 5.74) is -0.547. The molecule has 104 valence electrons. The number of hydrogen-bond acceptors (Lipinski definition) is 7. The highest BCUT2D eigenvalue weighted by atomic mass is 32.2. The first-order valence-corrected chi connectivity index (χ1v) is 6.08. The first kappa shape index (κ1) is 13.9. The number of nitro groups is 1. The van der Waals surface area contributed by atoms with E-state index in [0.717, 1.165) is 30.0 Å². The van der Waals surface area contributed by atoms with E-state index in [-0.39, 0.29) is 28.1 Å². The number of aliphatic carboxylic acids is 1. The van der Waals surface area contributed by atoms with Crippen molar-refractivity contribution in [3.63, 3.8) is 0 Å². The number of carboxylic acids is 1. The SMILES string of the molecule is O=C(O)CSc1nnc(-c2cc(F)ccc2[N+](=O)[O-])o1. The molecule has 1 heterocycles. The fourth-order valence-electron chi connectivity index (χ4n) is 1.34. The zero-order valence-electron chi connectivity index (χ0n) is 9.65. The summed E-state index contributed by atoms with van der Waals surface area (Å²) in [5.74, 6) is -2.31. The number of carbonyl (C=O) groups is 1. The molecule has 0 saturated heterocycles. The molecule has 0 spiro atoms. The summed E-state index contributed by atoms with van der Waals surface area (Å²) in [6, 6.07) is 2.83. The molecular weight excluding hydrogens is 293 g/mol. The largest absolute Gasteiger partial charge is 0.481 e. The van der Waals surface area contributed by atoms with Crippen LogP contribution in [0.3, 0.4) is 0 Å². The Labute approximate surface area is 114 Å². The molecule has 0 amide bonds. The average Bonchev–Trinajstić information content (AvgIpc) is 2.84. The van der Waals surface area contributed by atoms with Crippen LogP contribution in [0.25, 0.3) is 11.5 Å². The molecule has 20 heavy (non-hydrogen) atoms. The second-order valence-corrected chi connectivity index (χ2v) is 4.40. The standard InChI is InChI=1S/C10H6FN3O5S/c11-5-1-2-7(14(17)18)6(3-5)9-12-13-10(19-9)20-4-8(15)16/h1-3H,4H2,(H,15,16). The molecule has 2 aromatic rings. The minimum absolute atomic E-state index is 0.0686. The van der Waals surface area contributed by atoms with Gasteiger partial charge in [-0.25, -0.2) is 4.39 Å². The lowest BCUT2D eigenvalue weighted by Gasteiger charge is -1.98. The van der Waals surface area contributed by atoms with Crippen LogP contribution >= 0.6 is 11.8 Å². The molecule has 0 atom stereocenters. The van der Waals surface area contributed by atoms with Crippen molar-refractivity contribution in [2.24, 2.45) is 0 Å². The number of rotatable bonds is 5. The smallest absolute Gasteiger partial charge is 0.314 e. The third-order valence-electron chi connectivity index (χ3n) is 2.11. The van der Waals surface area contributed by atoms with E-state index < -0.39 is 16.7 Å². The third-order valence-corrected chi connectivity index (χ3v) is 2.91. The summed E-state index contributed by atoms with van der Waals surface area (Å²) in [7, 11) is 0. The van der Waals surface area contributed by atoms with Crippen molar-refractivity contribution in [2.75, 3.05) is 5.75 Å². The van der Waals surface area contributed by atoms with Crippen molar-refractivity contribution in [3.8, 4) is 11.5 Å². The van der Waals surface area contributed by atoms with Gasteiger partial charge in [-0.05, 0) is 12.1 Å². The molecule has 10 heteroatoms. The van der Waals surface area contributed by atoms with Crippen LogP contribution in [0.5, 0.6) is 0 Å². The molecule has 0 unspecified atom stereocenters. The van der Waals surface area contributed by atoms with E-state index in [1.165, 1.54) is 0 Å². The van der Waals surface area contributed by atoms with Gasteiger partial charge in [0.15, 0.2) is 0 Å². The summed E-state index contributed by atoms with van der Waals surface area (Å²) in [6.45, 7) is 0. The molecule has 1 aromatic heterocycles. The minimum Gasteiger partial charge on any atom is -0.481 e. The number of hydrogen-bond donors (Lipinski definition) is 1. The van der Waals surface area contributed by atoms with E-state index in [1.807, 2.05) is 0 Å². The van der Waals surface area contributed by atoms with Crippen molar-refractivity contribution in [1.82, 2.24) is 10.2 Å². The molecule has 0 bridgehead atoms. The van der Waals surface area contributed by atoms with Gasteiger partial charge in [0.2, 0.25) is 0 Å². The maximum absolute atomic E-state index is 13.2. The number of nitro benzene ring substituents is 1. The zero-order valence-corrected chi connectivity index (χ0v) is 10.5. The van der Waals surface area contributed by atoms with Gasteiger partial charge in [0.25, 0.3) is 16.8 Å². The molecule has 0 radical (unpaired) electrons. The molecule has 0 aliphatic carbocycles. The molecule has 0 saturated carbocycles. The first-order chi connectivity index (χ1) is 9.47. The Balaban J connectivity index is 2.34. The van der Waals surface area contributed by atoms with Crippen molar-refractivity contribution in [1.29, 1.82) is 0 Å². The number of thioether (sulfide) groups is 1. The second kappa shape index (κ2) is 5.65. The normalized spacial score (nSPS) is 10.4. The van der Waals surface area contributed by atoms with Crippen LogP contribution in [0.1, 0.15) is 0 Å². The number of aromatic nitrogens is 2. The van der Waals surface area contributed by atoms with E-state index in [0.29, 0.717) is 0 Å². The molecular formula is C10H6FN3O5S. The van der Waals surface area contributed by atoms with Gasteiger partial charge in [0, 0.05) is 6.07 Å². The number of carboxylic acid groups (broad SMARTS) is 1. The van der Waals surface area contributed by atoms with Crippen LogP contribution in [0, 0.1) is 15.9 Å². The van der Waals surface area contributed by atoms with Gasteiger partial charge in [0.05, 0.1) is 4.92 Å². The molecule has 2 rings (SSSR count). The van der Waals surface area contributed by atoms with E-state index in [1.54, 1.807) is 0 Å². The zero-order chi connectivity index (χ0) is 14.7. The Kier molecular flexibility index (Phi) is 3.94. The monoisotopic (exact) mass is 299 g/mol. The Morgan fingerprint density at radius 1 is 1.50 bits per heavy atom. The number of nitrogens with zero attached hydrogens (tertiary/aromatic N) is 3. The average molecular weight is 299 g/mol. The minimum atomic E-state index is -1.08. The lowest BCUT2D eigenvalue weighted by atomic mass is 10.2. The van der Waals surface area contributed by atoms with Crippen LogP contribution in [0.4, 0.5) is 10.1 Å². The highest BCUT2D eigenvalue weighted by Gasteiger charge is 2.21. The fourth-order valence-corrected chi connectivity index (χ4v) is 1.82. The van der Waals surface area contributed by atoms with E-state index >= 15 is 0 Å². The fraction of sp³-hybridized carbons (Fsp3) is 0.100. The Morgan fingerprint density at radius 3 is 2.90 bits per heavy atom. The maximum Gasteiger partial charge on any atom is 0.314 e. The van der Waals surface area contributed by atoms with Gasteiger partial charge in [-0.2, -0.15) is 0 Å². The van der Waals surface area contributed by atoms with Crippen LogP contribution in [-0.2, 0) is 4.79 Å². The summed E-state index contributed by atoms with van der Waals surface area (Å²) < 4.78 is 18.2. The van der Waals surface area contributed by atoms with E-state index in [2.05, 4.69) is 10.2 Å². The predicted molar refractivity (Wildman–Crippen MR) is 64.7 cm³/mol. The summed E-state index contributed by atoms with van der Waals surface area (Å²) in [4.78, 5) is 20.5. The van der Waals surface area contributed by atoms with Crippen LogP contribution in [-0.4, -0.2) is 31.9 Å². The van der Waals surface area contributed by atoms with Crippen LogP contribution in [0.15, 0.2) is 27.8 Å². The van der Waals surface area contributed by atoms with Crippen molar-refractivity contribution >= 4 is 23.4 Å². The van der Waals surface area contributed by atoms with Gasteiger partial charge in [-0.1, -0.05) is 11.8 Å². The topological polar surface area (TPSA) is 119 Å². The highest BCUT2D eigenvalue weighted by Crippen LogP contribution is 2.31. The quantitative estimate of drug-likeness (QED) is 0.505. The van der Waals surface area contributed by atoms with Gasteiger partial charge in [0.1, 0.15) is 17.1 Å². The molecule has 1 N–H and O–H groups in total. The van der Waals surface area contributed by atoms with Crippen molar-refractivity contribution in [3.05, 3.63) is 34.1 Å². The molecule has 8 nitrogen and oxygen atoms in total. The Morgan fingerprint density at radius 2 is 2.25 bits per heavy atom. The third kappa shape index (κ3) is 3.09. The van der Waals surface area contributed by atoms with Gasteiger partial charge in [-0.3, -0.25) is 14.9 Å². The van der Waals surface area contributed by atoms with Crippen LogP contribution in [0.2, 0.25) is 0 Å². The molecule has 1 aromatic carbocycles. The van der Waals surface area contributed by atoms with Crippen LogP contribution < -0.4 is 0 Å². The predicted octanol–water partition coefficient (Wildman–Crippen LogP) is 1.96. The lowest BCUT2D eigenvalue weighted by molar-refractivity contribution is -0.384. The number of benzene rings is 1. The summed E-state index contributed by atoms with van der Waals surface area (Å²) >= 11 is 0.759. The second-order valence-electron chi connectivity index (χ2n) is 3.47. The Hall–Kier alpha value is -2.49. The molecule has 0 aliphatic heterocycles. The van der Waals surface area contributed by atoms with Gasteiger partial charge in [-0.15, -0.1) is 10.2 Å². The molecule has 0 aliphatic rings. The summed E-state index contributed by atoms with van der Waals surface area (Å²) in [6.07, 6.45) is 0. The lowest BCUT2D eigenvalue weighted by Crippen LogP contribution is -1.97. The highest BCUT2D eigenvalue weighted by molar-refractivity contribution is 7.99. The first-order valence-electron chi connectivity index (χ1n) is 5.10. The van der Waals surface area contributed by atoms with Gasteiger partial charge >= 0.3 is 5.97 Å². The Bertz CT molecular complexity index is 675. The summed E-state index contributed by atoms with van der Waals surface area (Å²) in [5, 5.41) is 26.4. The van der Waals surface area contributed by atoms with E-state index in [4.69, 9.17) is 9.52 Å². The van der Waals surface area contributed by atoms with Gasteiger partial charge < -0.3 is 9.52 Å². The van der Waals surface area contributed by atoms with Crippen molar-refractivity contribution in [2.45, 2.75) is 5.22 Å². The molecule has 0 fully saturated rings.